The molecular weight excluding hydrogens is 331 g/mol. The molecule has 0 radical (unpaired) electrons. The van der Waals surface area contributed by atoms with Crippen molar-refractivity contribution in [1.82, 2.24) is 9.97 Å². The maximum absolute atomic E-state index is 12.5. The highest BCUT2D eigenvalue weighted by Gasteiger charge is 2.34. The van der Waals surface area contributed by atoms with E-state index in [1.165, 1.54) is 6.20 Å². The standard InChI is InChI=1S/C10H7BrF3N3S/c1-15-8-2-5(6(11)3-16-8)9-17-7(4-18-9)10(12,13)14/h2-4H,1H3,(H,15,16). The first-order valence-electron chi connectivity index (χ1n) is 4.78. The van der Waals surface area contributed by atoms with E-state index in [0.717, 1.165) is 16.7 Å². The molecule has 0 unspecified atom stereocenters. The Hall–Kier alpha value is -1.15. The van der Waals surface area contributed by atoms with Gasteiger partial charge in [-0.3, -0.25) is 0 Å². The van der Waals surface area contributed by atoms with E-state index in [9.17, 15) is 13.2 Å². The Balaban J connectivity index is 2.45. The minimum absolute atomic E-state index is 0.299. The van der Waals surface area contributed by atoms with Crippen LogP contribution in [0, 0.1) is 0 Å². The van der Waals surface area contributed by atoms with Gasteiger partial charge in [0, 0.05) is 28.7 Å². The van der Waals surface area contributed by atoms with Crippen molar-refractivity contribution < 1.29 is 13.2 Å². The minimum atomic E-state index is -4.42. The summed E-state index contributed by atoms with van der Waals surface area (Å²) in [6, 6.07) is 1.64. The van der Waals surface area contributed by atoms with Crippen LogP contribution in [0.5, 0.6) is 0 Å². The van der Waals surface area contributed by atoms with E-state index in [0.29, 0.717) is 20.9 Å². The second-order valence-corrected chi connectivity index (χ2v) is 5.05. The first-order valence-corrected chi connectivity index (χ1v) is 6.45. The van der Waals surface area contributed by atoms with E-state index in [4.69, 9.17) is 0 Å². The lowest BCUT2D eigenvalue weighted by molar-refractivity contribution is -0.140. The molecule has 96 valence electrons. The van der Waals surface area contributed by atoms with Crippen molar-refractivity contribution in [2.24, 2.45) is 0 Å². The molecule has 1 N–H and O–H groups in total. The minimum Gasteiger partial charge on any atom is -0.373 e. The van der Waals surface area contributed by atoms with Crippen LogP contribution >= 0.6 is 27.3 Å². The Morgan fingerprint density at radius 2 is 2.11 bits per heavy atom. The van der Waals surface area contributed by atoms with Crippen molar-refractivity contribution in [2.45, 2.75) is 6.18 Å². The van der Waals surface area contributed by atoms with Gasteiger partial charge in [-0.1, -0.05) is 0 Å². The summed E-state index contributed by atoms with van der Waals surface area (Å²) in [7, 11) is 1.68. The highest BCUT2D eigenvalue weighted by atomic mass is 79.9. The van der Waals surface area contributed by atoms with Crippen LogP contribution in [-0.2, 0) is 6.18 Å². The smallest absolute Gasteiger partial charge is 0.373 e. The maximum atomic E-state index is 12.5. The van der Waals surface area contributed by atoms with Crippen LogP contribution in [0.4, 0.5) is 19.0 Å². The van der Waals surface area contributed by atoms with Crippen LogP contribution in [0.1, 0.15) is 5.69 Å². The first kappa shape index (κ1) is 13.3. The molecule has 0 aliphatic heterocycles. The highest BCUT2D eigenvalue weighted by molar-refractivity contribution is 9.10. The van der Waals surface area contributed by atoms with Crippen molar-refractivity contribution in [1.29, 1.82) is 0 Å². The van der Waals surface area contributed by atoms with Gasteiger partial charge in [0.25, 0.3) is 0 Å². The number of pyridine rings is 1. The maximum Gasteiger partial charge on any atom is 0.434 e. The van der Waals surface area contributed by atoms with Crippen LogP contribution < -0.4 is 5.32 Å². The molecule has 0 bridgehead atoms. The molecule has 0 aliphatic carbocycles. The molecule has 0 saturated carbocycles. The van der Waals surface area contributed by atoms with Gasteiger partial charge in [0.05, 0.1) is 0 Å². The lowest BCUT2D eigenvalue weighted by Crippen LogP contribution is -2.04. The summed E-state index contributed by atoms with van der Waals surface area (Å²) in [6.07, 6.45) is -2.89. The van der Waals surface area contributed by atoms with Gasteiger partial charge >= 0.3 is 6.18 Å². The van der Waals surface area contributed by atoms with E-state index in [1.54, 1.807) is 13.1 Å². The summed E-state index contributed by atoms with van der Waals surface area (Å²) in [5, 5.41) is 4.12. The van der Waals surface area contributed by atoms with E-state index in [1.807, 2.05) is 0 Å². The number of alkyl halides is 3. The average Bonchev–Trinajstić information content (AvgIpc) is 2.78. The molecule has 2 aromatic heterocycles. The summed E-state index contributed by atoms with van der Waals surface area (Å²) >= 11 is 4.20. The Morgan fingerprint density at radius 1 is 1.39 bits per heavy atom. The van der Waals surface area contributed by atoms with Gasteiger partial charge in [-0.2, -0.15) is 13.2 Å². The van der Waals surface area contributed by atoms with E-state index in [-0.39, 0.29) is 0 Å². The number of nitrogens with one attached hydrogen (secondary N) is 1. The zero-order valence-corrected chi connectivity index (χ0v) is 11.4. The highest BCUT2D eigenvalue weighted by Crippen LogP contribution is 2.36. The van der Waals surface area contributed by atoms with Gasteiger partial charge in [0.2, 0.25) is 0 Å². The molecule has 18 heavy (non-hydrogen) atoms. The fourth-order valence-corrected chi connectivity index (χ4v) is 2.66. The lowest BCUT2D eigenvalue weighted by atomic mass is 10.2. The number of thiazole rings is 1. The van der Waals surface area contributed by atoms with Crippen LogP contribution in [0.3, 0.4) is 0 Å². The molecular formula is C10H7BrF3N3S. The fourth-order valence-electron chi connectivity index (χ4n) is 1.27. The zero-order valence-electron chi connectivity index (χ0n) is 9.05. The normalized spacial score (nSPS) is 11.6. The summed E-state index contributed by atoms with van der Waals surface area (Å²) in [5.74, 6) is 0.567. The second-order valence-electron chi connectivity index (χ2n) is 3.34. The third-order valence-electron chi connectivity index (χ3n) is 2.14. The Labute approximate surface area is 113 Å². The molecule has 0 saturated heterocycles. The van der Waals surface area contributed by atoms with Crippen LogP contribution in [0.25, 0.3) is 10.6 Å². The Kier molecular flexibility index (Phi) is 3.58. The quantitative estimate of drug-likeness (QED) is 0.899. The third-order valence-corrected chi connectivity index (χ3v) is 3.64. The SMILES string of the molecule is CNc1cc(-c2nc(C(F)(F)F)cs2)c(Br)cn1. The number of hydrogen-bond acceptors (Lipinski definition) is 4. The molecule has 2 rings (SSSR count). The number of nitrogens with zero attached hydrogens (tertiary/aromatic N) is 2. The zero-order chi connectivity index (χ0) is 13.3. The number of halogens is 4. The van der Waals surface area contributed by atoms with Crippen LogP contribution in [0.15, 0.2) is 22.1 Å². The molecule has 0 amide bonds. The molecule has 2 heterocycles. The van der Waals surface area contributed by atoms with Gasteiger partial charge in [0.15, 0.2) is 5.69 Å². The summed E-state index contributed by atoms with van der Waals surface area (Å²) < 4.78 is 38.0. The number of hydrogen-bond donors (Lipinski definition) is 1. The van der Waals surface area contributed by atoms with Gasteiger partial charge in [-0.15, -0.1) is 11.3 Å². The third kappa shape index (κ3) is 2.64. The van der Waals surface area contributed by atoms with Gasteiger partial charge in [-0.25, -0.2) is 9.97 Å². The van der Waals surface area contributed by atoms with Crippen molar-refractivity contribution in [3.8, 4) is 10.6 Å². The molecule has 0 fully saturated rings. The fraction of sp³-hybridized carbons (Fsp3) is 0.200. The molecule has 8 heteroatoms. The average molecular weight is 338 g/mol. The van der Waals surface area contributed by atoms with Crippen LogP contribution in [0.2, 0.25) is 0 Å². The summed E-state index contributed by atoms with van der Waals surface area (Å²) in [5.41, 5.74) is -0.299. The number of anilines is 1. The summed E-state index contributed by atoms with van der Waals surface area (Å²) in [6.45, 7) is 0. The Morgan fingerprint density at radius 3 is 2.67 bits per heavy atom. The molecule has 2 aromatic rings. The summed E-state index contributed by atoms with van der Waals surface area (Å²) in [4.78, 5) is 7.63. The van der Waals surface area contributed by atoms with E-state index >= 15 is 0 Å². The molecule has 3 nitrogen and oxygen atoms in total. The molecule has 0 aromatic carbocycles. The van der Waals surface area contributed by atoms with Crippen molar-refractivity contribution in [3.05, 3.63) is 27.8 Å². The molecule has 0 spiro atoms. The predicted octanol–water partition coefficient (Wildman–Crippen LogP) is 4.03. The van der Waals surface area contributed by atoms with E-state index in [2.05, 4.69) is 31.2 Å². The first-order chi connectivity index (χ1) is 8.41. The van der Waals surface area contributed by atoms with Crippen LogP contribution in [-0.4, -0.2) is 17.0 Å². The number of rotatable bonds is 2. The van der Waals surface area contributed by atoms with Crippen molar-refractivity contribution in [3.63, 3.8) is 0 Å². The van der Waals surface area contributed by atoms with Crippen molar-refractivity contribution >= 4 is 33.1 Å². The largest absolute Gasteiger partial charge is 0.434 e. The second kappa shape index (κ2) is 4.85. The molecule has 0 aliphatic rings. The van der Waals surface area contributed by atoms with Gasteiger partial charge in [0.1, 0.15) is 10.8 Å². The topological polar surface area (TPSA) is 37.8 Å². The Bertz CT molecular complexity index is 568. The molecule has 0 atom stereocenters. The van der Waals surface area contributed by atoms with Crippen molar-refractivity contribution in [2.75, 3.05) is 12.4 Å². The predicted molar refractivity (Wildman–Crippen MR) is 67.6 cm³/mol. The van der Waals surface area contributed by atoms with E-state index < -0.39 is 11.9 Å². The van der Waals surface area contributed by atoms with Gasteiger partial charge in [-0.05, 0) is 22.0 Å². The lowest BCUT2D eigenvalue weighted by Gasteiger charge is -2.04. The number of aromatic nitrogens is 2. The monoisotopic (exact) mass is 337 g/mol. The van der Waals surface area contributed by atoms with Gasteiger partial charge < -0.3 is 5.32 Å².